The standard InChI is InChI=1S/C11H18O/c1-4-5-6-7-11(12)8-9(2)10(11)3/h1,9-10,12H,5-8H2,2-3H3. The molecular formula is C11H18O. The van der Waals surface area contributed by atoms with E-state index in [1.807, 2.05) is 0 Å². The highest BCUT2D eigenvalue weighted by Crippen LogP contribution is 2.46. The monoisotopic (exact) mass is 166 g/mol. The van der Waals surface area contributed by atoms with E-state index in [-0.39, 0.29) is 0 Å². The Kier molecular flexibility index (Phi) is 2.80. The first-order chi connectivity index (χ1) is 5.60. The second-order valence-corrected chi connectivity index (χ2v) is 4.13. The number of hydrogen-bond acceptors (Lipinski definition) is 1. The fraction of sp³-hybridized carbons (Fsp3) is 0.818. The SMILES string of the molecule is C#CCCCC1(O)CC(C)C1C. The first kappa shape index (κ1) is 9.61. The van der Waals surface area contributed by atoms with Crippen LogP contribution < -0.4 is 0 Å². The Morgan fingerprint density at radius 1 is 1.58 bits per heavy atom. The van der Waals surface area contributed by atoms with Gasteiger partial charge in [0.2, 0.25) is 0 Å². The molecule has 0 aromatic rings. The molecule has 1 nitrogen and oxygen atoms in total. The fourth-order valence-electron chi connectivity index (χ4n) is 2.12. The van der Waals surface area contributed by atoms with Gasteiger partial charge in [-0.1, -0.05) is 13.8 Å². The molecule has 0 spiro atoms. The van der Waals surface area contributed by atoms with Gasteiger partial charge in [-0.15, -0.1) is 12.3 Å². The molecule has 3 unspecified atom stereocenters. The van der Waals surface area contributed by atoms with Gasteiger partial charge in [-0.05, 0) is 31.1 Å². The summed E-state index contributed by atoms with van der Waals surface area (Å²) in [7, 11) is 0. The molecule has 68 valence electrons. The molecule has 1 saturated carbocycles. The first-order valence-corrected chi connectivity index (χ1v) is 4.76. The molecule has 1 aliphatic rings. The van der Waals surface area contributed by atoms with Gasteiger partial charge >= 0.3 is 0 Å². The van der Waals surface area contributed by atoms with Crippen molar-refractivity contribution in [1.29, 1.82) is 0 Å². The highest BCUT2D eigenvalue weighted by atomic mass is 16.3. The van der Waals surface area contributed by atoms with Gasteiger partial charge in [0.25, 0.3) is 0 Å². The summed E-state index contributed by atoms with van der Waals surface area (Å²) in [5, 5.41) is 10.0. The minimum absolute atomic E-state index is 0.393. The zero-order chi connectivity index (χ0) is 9.19. The lowest BCUT2D eigenvalue weighted by Gasteiger charge is -2.49. The van der Waals surface area contributed by atoms with Crippen molar-refractivity contribution < 1.29 is 5.11 Å². The van der Waals surface area contributed by atoms with Gasteiger partial charge in [0.1, 0.15) is 0 Å². The number of rotatable bonds is 3. The molecule has 0 radical (unpaired) electrons. The van der Waals surface area contributed by atoms with Gasteiger partial charge < -0.3 is 5.11 Å². The third kappa shape index (κ3) is 1.64. The summed E-state index contributed by atoms with van der Waals surface area (Å²) >= 11 is 0. The van der Waals surface area contributed by atoms with Crippen LogP contribution in [0.3, 0.4) is 0 Å². The molecule has 0 heterocycles. The Morgan fingerprint density at radius 3 is 2.67 bits per heavy atom. The average Bonchev–Trinajstić information content (AvgIpc) is 2.05. The zero-order valence-electron chi connectivity index (χ0n) is 8.01. The lowest BCUT2D eigenvalue weighted by atomic mass is 9.61. The van der Waals surface area contributed by atoms with Crippen molar-refractivity contribution in [1.82, 2.24) is 0 Å². The summed E-state index contributed by atoms with van der Waals surface area (Å²) < 4.78 is 0. The lowest BCUT2D eigenvalue weighted by Crippen LogP contribution is -2.51. The fourth-order valence-corrected chi connectivity index (χ4v) is 2.12. The van der Waals surface area contributed by atoms with E-state index < -0.39 is 5.60 Å². The van der Waals surface area contributed by atoms with Crippen LogP contribution in [0.1, 0.15) is 39.5 Å². The minimum Gasteiger partial charge on any atom is -0.390 e. The summed E-state index contributed by atoms with van der Waals surface area (Å²) in [6.45, 7) is 4.32. The smallest absolute Gasteiger partial charge is 0.0678 e. The summed E-state index contributed by atoms with van der Waals surface area (Å²) in [4.78, 5) is 0. The number of hydrogen-bond donors (Lipinski definition) is 1. The zero-order valence-corrected chi connectivity index (χ0v) is 8.01. The van der Waals surface area contributed by atoms with E-state index in [2.05, 4.69) is 19.8 Å². The molecule has 1 heteroatoms. The van der Waals surface area contributed by atoms with Crippen molar-refractivity contribution in [2.24, 2.45) is 11.8 Å². The molecule has 12 heavy (non-hydrogen) atoms. The predicted molar refractivity (Wildman–Crippen MR) is 50.6 cm³/mol. The molecule has 1 aliphatic carbocycles. The van der Waals surface area contributed by atoms with Gasteiger partial charge in [0, 0.05) is 6.42 Å². The molecule has 0 aromatic heterocycles. The Bertz CT molecular complexity index is 192. The summed E-state index contributed by atoms with van der Waals surface area (Å²) in [5.74, 6) is 3.74. The molecule has 1 rings (SSSR count). The maximum absolute atomic E-state index is 10.0. The quantitative estimate of drug-likeness (QED) is 0.503. The van der Waals surface area contributed by atoms with Gasteiger partial charge in [-0.2, -0.15) is 0 Å². The summed E-state index contributed by atoms with van der Waals surface area (Å²) in [6.07, 6.45) is 8.74. The topological polar surface area (TPSA) is 20.2 Å². The van der Waals surface area contributed by atoms with E-state index in [9.17, 15) is 5.11 Å². The van der Waals surface area contributed by atoms with Crippen molar-refractivity contribution in [2.45, 2.75) is 45.1 Å². The number of terminal acetylenes is 1. The van der Waals surface area contributed by atoms with E-state index >= 15 is 0 Å². The van der Waals surface area contributed by atoms with Crippen LogP contribution in [0.4, 0.5) is 0 Å². The van der Waals surface area contributed by atoms with Crippen molar-refractivity contribution in [2.75, 3.05) is 0 Å². The normalized spacial score (nSPS) is 40.2. The van der Waals surface area contributed by atoms with Crippen molar-refractivity contribution >= 4 is 0 Å². The van der Waals surface area contributed by atoms with Crippen molar-refractivity contribution in [3.63, 3.8) is 0 Å². The van der Waals surface area contributed by atoms with Crippen LogP contribution in [0.25, 0.3) is 0 Å². The van der Waals surface area contributed by atoms with E-state index in [1.165, 1.54) is 0 Å². The van der Waals surface area contributed by atoms with Crippen LogP contribution in [0.15, 0.2) is 0 Å². The minimum atomic E-state index is -0.393. The Morgan fingerprint density at radius 2 is 2.25 bits per heavy atom. The van der Waals surface area contributed by atoms with Gasteiger partial charge in [0.05, 0.1) is 5.60 Å². The third-order valence-corrected chi connectivity index (χ3v) is 3.31. The summed E-state index contributed by atoms with van der Waals surface area (Å²) in [6, 6.07) is 0. The van der Waals surface area contributed by atoms with Gasteiger partial charge in [-0.25, -0.2) is 0 Å². The lowest BCUT2D eigenvalue weighted by molar-refractivity contribution is -0.130. The van der Waals surface area contributed by atoms with Gasteiger partial charge in [-0.3, -0.25) is 0 Å². The average molecular weight is 166 g/mol. The van der Waals surface area contributed by atoms with Crippen LogP contribution in [0.2, 0.25) is 0 Å². The molecule has 0 bridgehead atoms. The highest BCUT2D eigenvalue weighted by Gasteiger charge is 2.46. The highest BCUT2D eigenvalue weighted by molar-refractivity contribution is 4.98. The maximum atomic E-state index is 10.0. The third-order valence-electron chi connectivity index (χ3n) is 3.31. The number of unbranched alkanes of at least 4 members (excludes halogenated alkanes) is 1. The van der Waals surface area contributed by atoms with E-state index in [1.54, 1.807) is 0 Å². The predicted octanol–water partition coefficient (Wildman–Crippen LogP) is 2.20. The second kappa shape index (κ2) is 3.49. The Labute approximate surface area is 75.2 Å². The van der Waals surface area contributed by atoms with Crippen molar-refractivity contribution in [3.05, 3.63) is 0 Å². The second-order valence-electron chi connectivity index (χ2n) is 4.13. The van der Waals surface area contributed by atoms with Crippen LogP contribution in [0.5, 0.6) is 0 Å². The molecule has 0 aliphatic heterocycles. The van der Waals surface area contributed by atoms with Crippen molar-refractivity contribution in [3.8, 4) is 12.3 Å². The van der Waals surface area contributed by atoms with E-state index in [0.717, 1.165) is 25.7 Å². The summed E-state index contributed by atoms with van der Waals surface area (Å²) in [5.41, 5.74) is -0.393. The molecule has 0 amide bonds. The van der Waals surface area contributed by atoms with Crippen LogP contribution >= 0.6 is 0 Å². The largest absolute Gasteiger partial charge is 0.390 e. The van der Waals surface area contributed by atoms with Gasteiger partial charge in [0.15, 0.2) is 0 Å². The first-order valence-electron chi connectivity index (χ1n) is 4.76. The molecular weight excluding hydrogens is 148 g/mol. The van der Waals surface area contributed by atoms with Crippen LogP contribution in [0, 0.1) is 24.2 Å². The Hall–Kier alpha value is -0.480. The number of aliphatic hydroxyl groups is 1. The molecule has 0 saturated heterocycles. The molecule has 3 atom stereocenters. The maximum Gasteiger partial charge on any atom is 0.0678 e. The van der Waals surface area contributed by atoms with Crippen LogP contribution in [-0.4, -0.2) is 10.7 Å². The van der Waals surface area contributed by atoms with Crippen LogP contribution in [-0.2, 0) is 0 Å². The van der Waals surface area contributed by atoms with E-state index in [0.29, 0.717) is 11.8 Å². The Balaban J connectivity index is 2.28. The molecule has 1 N–H and O–H groups in total. The molecule has 0 aromatic carbocycles. The van der Waals surface area contributed by atoms with E-state index in [4.69, 9.17) is 6.42 Å². The molecule has 1 fully saturated rings.